The van der Waals surface area contributed by atoms with Gasteiger partial charge in [-0.3, -0.25) is 9.89 Å². The molecule has 0 aromatic heterocycles. The van der Waals surface area contributed by atoms with Crippen molar-refractivity contribution in [2.75, 3.05) is 53.0 Å². The SMILES string of the molecule is CCOCCC1(CNC(=NC)N2CCN(C(C)C(F)(F)F)CC2)CC1.I. The number of halogens is 4. The first-order valence-corrected chi connectivity index (χ1v) is 9.15. The molecular formula is C17H32F3IN4O. The molecule has 2 rings (SSSR count). The van der Waals surface area contributed by atoms with E-state index in [0.717, 1.165) is 32.1 Å². The maximum absolute atomic E-state index is 12.8. The van der Waals surface area contributed by atoms with Gasteiger partial charge in [-0.25, -0.2) is 0 Å². The van der Waals surface area contributed by atoms with Gasteiger partial charge in [-0.05, 0) is 38.5 Å². The predicted octanol–water partition coefficient (Wildman–Crippen LogP) is 2.96. The fourth-order valence-corrected chi connectivity index (χ4v) is 3.25. The van der Waals surface area contributed by atoms with Crippen LogP contribution in [0, 0.1) is 5.41 Å². The second-order valence-corrected chi connectivity index (χ2v) is 7.09. The Balaban J connectivity index is 0.00000338. The van der Waals surface area contributed by atoms with Crippen LogP contribution in [0.1, 0.15) is 33.1 Å². The third-order valence-electron chi connectivity index (χ3n) is 5.41. The molecule has 0 aromatic rings. The number of ether oxygens (including phenoxy) is 1. The molecule has 1 saturated carbocycles. The molecule has 0 radical (unpaired) electrons. The second kappa shape index (κ2) is 10.3. The zero-order valence-electron chi connectivity index (χ0n) is 15.9. The topological polar surface area (TPSA) is 40.1 Å². The van der Waals surface area contributed by atoms with Crippen molar-refractivity contribution in [2.45, 2.75) is 45.3 Å². The van der Waals surface area contributed by atoms with E-state index in [1.807, 2.05) is 6.92 Å². The van der Waals surface area contributed by atoms with E-state index in [1.54, 1.807) is 7.05 Å². The number of guanidine groups is 1. The molecule has 0 bridgehead atoms. The molecule has 26 heavy (non-hydrogen) atoms. The average molecular weight is 492 g/mol. The molecule has 2 aliphatic rings. The lowest BCUT2D eigenvalue weighted by Gasteiger charge is -2.40. The molecule has 5 nitrogen and oxygen atoms in total. The van der Waals surface area contributed by atoms with Crippen LogP contribution in [0.25, 0.3) is 0 Å². The number of piperazine rings is 1. The van der Waals surface area contributed by atoms with Crippen molar-refractivity contribution in [1.82, 2.24) is 15.1 Å². The summed E-state index contributed by atoms with van der Waals surface area (Å²) in [6, 6.07) is -1.39. The molecule has 0 spiro atoms. The summed E-state index contributed by atoms with van der Waals surface area (Å²) < 4.78 is 44.0. The van der Waals surface area contributed by atoms with Crippen molar-refractivity contribution in [3.05, 3.63) is 0 Å². The molecule has 0 aromatic carbocycles. The van der Waals surface area contributed by atoms with Gasteiger partial charge in [0.25, 0.3) is 0 Å². The standard InChI is InChI=1S/C17H31F3N4O.HI/c1-4-25-12-7-16(5-6-16)13-22-15(21-3)24-10-8-23(9-11-24)14(2)17(18,19)20;/h14H,4-13H2,1-3H3,(H,21,22);1H. The van der Waals surface area contributed by atoms with E-state index in [-0.39, 0.29) is 24.0 Å². The number of hydrogen-bond acceptors (Lipinski definition) is 3. The minimum Gasteiger partial charge on any atom is -0.382 e. The van der Waals surface area contributed by atoms with Crippen molar-refractivity contribution in [3.8, 4) is 0 Å². The summed E-state index contributed by atoms with van der Waals surface area (Å²) in [6.07, 6.45) is -0.732. The Kier molecular flexibility index (Phi) is 9.42. The van der Waals surface area contributed by atoms with E-state index in [1.165, 1.54) is 24.7 Å². The van der Waals surface area contributed by atoms with Crippen molar-refractivity contribution < 1.29 is 17.9 Å². The van der Waals surface area contributed by atoms with Gasteiger partial charge in [0.1, 0.15) is 6.04 Å². The summed E-state index contributed by atoms with van der Waals surface area (Å²) in [5.41, 5.74) is 0.303. The third-order valence-corrected chi connectivity index (χ3v) is 5.41. The lowest BCUT2D eigenvalue weighted by atomic mass is 10.0. The minimum atomic E-state index is -4.17. The zero-order chi connectivity index (χ0) is 18.5. The molecule has 0 amide bonds. The van der Waals surface area contributed by atoms with Crippen LogP contribution >= 0.6 is 24.0 Å². The van der Waals surface area contributed by atoms with E-state index < -0.39 is 12.2 Å². The summed E-state index contributed by atoms with van der Waals surface area (Å²) in [7, 11) is 1.73. The van der Waals surface area contributed by atoms with Gasteiger partial charge in [0.15, 0.2) is 5.96 Å². The molecule has 9 heteroatoms. The minimum absolute atomic E-state index is 0. The van der Waals surface area contributed by atoms with Gasteiger partial charge < -0.3 is 15.0 Å². The Bertz CT molecular complexity index is 450. The van der Waals surface area contributed by atoms with E-state index in [9.17, 15) is 13.2 Å². The summed E-state index contributed by atoms with van der Waals surface area (Å²) in [4.78, 5) is 7.87. The van der Waals surface area contributed by atoms with Crippen LogP contribution in [-0.4, -0.2) is 81.0 Å². The number of nitrogens with one attached hydrogen (secondary N) is 1. The molecule has 1 heterocycles. The summed E-state index contributed by atoms with van der Waals surface area (Å²) >= 11 is 0. The van der Waals surface area contributed by atoms with Crippen LogP contribution in [0.15, 0.2) is 4.99 Å². The van der Waals surface area contributed by atoms with Gasteiger partial charge in [-0.15, -0.1) is 24.0 Å². The first kappa shape index (κ1) is 23.7. The van der Waals surface area contributed by atoms with E-state index in [2.05, 4.69) is 15.2 Å². The van der Waals surface area contributed by atoms with Gasteiger partial charge in [0.05, 0.1) is 0 Å². The van der Waals surface area contributed by atoms with E-state index in [0.29, 0.717) is 31.6 Å². The molecule has 154 valence electrons. The largest absolute Gasteiger partial charge is 0.403 e. The number of hydrogen-bond donors (Lipinski definition) is 1. The number of aliphatic imine (C=N–C) groups is 1. The zero-order valence-corrected chi connectivity index (χ0v) is 18.3. The maximum Gasteiger partial charge on any atom is 0.403 e. The molecule has 1 aliphatic heterocycles. The highest BCUT2D eigenvalue weighted by Crippen LogP contribution is 2.48. The van der Waals surface area contributed by atoms with Crippen LogP contribution in [0.2, 0.25) is 0 Å². The Hall–Kier alpha value is -0.290. The van der Waals surface area contributed by atoms with Gasteiger partial charge in [0, 0.05) is 53.0 Å². The Morgan fingerprint density at radius 1 is 1.23 bits per heavy atom. The fourth-order valence-electron chi connectivity index (χ4n) is 3.25. The van der Waals surface area contributed by atoms with Gasteiger partial charge >= 0.3 is 6.18 Å². The number of rotatable bonds is 7. The molecule has 1 N–H and O–H groups in total. The van der Waals surface area contributed by atoms with E-state index in [4.69, 9.17) is 4.74 Å². The monoisotopic (exact) mass is 492 g/mol. The van der Waals surface area contributed by atoms with E-state index >= 15 is 0 Å². The van der Waals surface area contributed by atoms with Crippen LogP contribution in [-0.2, 0) is 4.74 Å². The van der Waals surface area contributed by atoms with Gasteiger partial charge in [0.2, 0.25) is 0 Å². The highest BCUT2D eigenvalue weighted by molar-refractivity contribution is 14.0. The molecule has 1 atom stereocenters. The van der Waals surface area contributed by atoms with Crippen molar-refractivity contribution in [2.24, 2.45) is 10.4 Å². The van der Waals surface area contributed by atoms with Crippen LogP contribution in [0.5, 0.6) is 0 Å². The molecule has 2 fully saturated rings. The van der Waals surface area contributed by atoms with Gasteiger partial charge in [-0.1, -0.05) is 0 Å². The first-order valence-electron chi connectivity index (χ1n) is 9.15. The molecule has 1 unspecified atom stereocenters. The Morgan fingerprint density at radius 2 is 1.85 bits per heavy atom. The summed E-state index contributed by atoms with van der Waals surface area (Å²) in [6.45, 7) is 7.53. The first-order chi connectivity index (χ1) is 11.8. The third kappa shape index (κ3) is 6.70. The van der Waals surface area contributed by atoms with Crippen LogP contribution in [0.4, 0.5) is 13.2 Å². The molecule has 1 saturated heterocycles. The van der Waals surface area contributed by atoms with Crippen molar-refractivity contribution in [3.63, 3.8) is 0 Å². The predicted molar refractivity (Wildman–Crippen MR) is 108 cm³/mol. The Morgan fingerprint density at radius 3 is 2.31 bits per heavy atom. The smallest absolute Gasteiger partial charge is 0.382 e. The second-order valence-electron chi connectivity index (χ2n) is 7.09. The van der Waals surface area contributed by atoms with Crippen LogP contribution < -0.4 is 5.32 Å². The highest BCUT2D eigenvalue weighted by Gasteiger charge is 2.43. The van der Waals surface area contributed by atoms with Gasteiger partial charge in [-0.2, -0.15) is 13.2 Å². The quantitative estimate of drug-likeness (QED) is 0.257. The van der Waals surface area contributed by atoms with Crippen molar-refractivity contribution in [1.29, 1.82) is 0 Å². The van der Waals surface area contributed by atoms with Crippen molar-refractivity contribution >= 4 is 29.9 Å². The maximum atomic E-state index is 12.8. The molecule has 1 aliphatic carbocycles. The highest BCUT2D eigenvalue weighted by atomic mass is 127. The number of alkyl halides is 3. The fraction of sp³-hybridized carbons (Fsp3) is 0.941. The lowest BCUT2D eigenvalue weighted by Crippen LogP contribution is -2.57. The lowest BCUT2D eigenvalue weighted by molar-refractivity contribution is -0.181. The molecular weight excluding hydrogens is 460 g/mol. The number of nitrogens with zero attached hydrogens (tertiary/aromatic N) is 3. The summed E-state index contributed by atoms with van der Waals surface area (Å²) in [5, 5.41) is 3.42. The summed E-state index contributed by atoms with van der Waals surface area (Å²) in [5.74, 6) is 0.794. The van der Waals surface area contributed by atoms with Crippen LogP contribution in [0.3, 0.4) is 0 Å². The Labute approximate surface area is 171 Å². The average Bonchev–Trinajstić information content (AvgIpc) is 3.35. The normalized spacial score (nSPS) is 21.9.